The zero-order valence-electron chi connectivity index (χ0n) is 13.0. The van der Waals surface area contributed by atoms with Crippen LogP contribution in [-0.2, 0) is 15.4 Å². The number of nitrogens with zero attached hydrogens (tertiary/aromatic N) is 1. The Hall–Kier alpha value is -1.82. The monoisotopic (exact) mass is 307 g/mol. The summed E-state index contributed by atoms with van der Waals surface area (Å²) in [5.41, 5.74) is 3.36. The van der Waals surface area contributed by atoms with Crippen LogP contribution in [0.25, 0.3) is 11.3 Å². The van der Waals surface area contributed by atoms with E-state index in [1.807, 2.05) is 19.1 Å². The first-order valence-electron chi connectivity index (χ1n) is 6.71. The Morgan fingerprint density at radius 2 is 1.71 bits per heavy atom. The van der Waals surface area contributed by atoms with Crippen LogP contribution in [0.3, 0.4) is 0 Å². The molecule has 2 aromatic rings. The molecule has 0 atom stereocenters. The van der Waals surface area contributed by atoms with Crippen molar-refractivity contribution in [3.05, 3.63) is 35.8 Å². The fourth-order valence-corrected chi connectivity index (χ4v) is 2.57. The molecular weight excluding hydrogens is 286 g/mol. The predicted octanol–water partition coefficient (Wildman–Crippen LogP) is 3.05. The van der Waals surface area contributed by atoms with Gasteiger partial charge in [0.05, 0.1) is 11.9 Å². The second-order valence-electron chi connectivity index (χ2n) is 6.26. The number of rotatable bonds is 3. The quantitative estimate of drug-likeness (QED) is 0.915. The number of aromatic amines is 1. The van der Waals surface area contributed by atoms with Gasteiger partial charge in [-0.15, -0.1) is 0 Å². The summed E-state index contributed by atoms with van der Waals surface area (Å²) in [6, 6.07) is 7.20. The second kappa shape index (κ2) is 5.18. The largest absolute Gasteiger partial charge is 0.345 e. The number of benzene rings is 1. The van der Waals surface area contributed by atoms with Crippen molar-refractivity contribution >= 4 is 15.7 Å². The van der Waals surface area contributed by atoms with Crippen LogP contribution in [-0.4, -0.2) is 24.6 Å². The first kappa shape index (κ1) is 15.6. The summed E-state index contributed by atoms with van der Waals surface area (Å²) in [5.74, 6) is 0.938. The van der Waals surface area contributed by atoms with Crippen LogP contribution in [0.15, 0.2) is 24.3 Å². The molecule has 0 amide bonds. The van der Waals surface area contributed by atoms with Crippen LogP contribution in [0, 0.1) is 6.92 Å². The van der Waals surface area contributed by atoms with Crippen molar-refractivity contribution in [1.82, 2.24) is 9.97 Å². The first-order valence-corrected chi connectivity index (χ1v) is 8.61. The summed E-state index contributed by atoms with van der Waals surface area (Å²) in [6.07, 6.45) is 1.13. The van der Waals surface area contributed by atoms with E-state index in [-0.39, 0.29) is 5.41 Å². The molecule has 0 unspecified atom stereocenters. The average Bonchev–Trinajstić information content (AvgIpc) is 2.70. The van der Waals surface area contributed by atoms with Crippen molar-refractivity contribution in [3.8, 4) is 11.3 Å². The van der Waals surface area contributed by atoms with Gasteiger partial charge in [0.2, 0.25) is 10.0 Å². The van der Waals surface area contributed by atoms with E-state index in [2.05, 4.69) is 35.5 Å². The number of hydrogen-bond donors (Lipinski definition) is 2. The van der Waals surface area contributed by atoms with Gasteiger partial charge in [0, 0.05) is 22.4 Å². The zero-order chi connectivity index (χ0) is 15.8. The van der Waals surface area contributed by atoms with Crippen LogP contribution in [0.4, 0.5) is 5.69 Å². The number of imidazole rings is 1. The normalized spacial score (nSPS) is 12.4. The molecule has 0 aliphatic rings. The number of nitrogens with one attached hydrogen (secondary N) is 2. The number of aromatic nitrogens is 2. The van der Waals surface area contributed by atoms with Crippen molar-refractivity contribution in [2.24, 2.45) is 0 Å². The third kappa shape index (κ3) is 3.85. The Morgan fingerprint density at radius 3 is 2.14 bits per heavy atom. The molecule has 0 saturated heterocycles. The Kier molecular flexibility index (Phi) is 3.84. The molecule has 1 aromatic heterocycles. The van der Waals surface area contributed by atoms with Gasteiger partial charge in [-0.1, -0.05) is 32.9 Å². The Labute approximate surface area is 125 Å². The van der Waals surface area contributed by atoms with Gasteiger partial charge in [-0.3, -0.25) is 4.72 Å². The molecule has 2 rings (SSSR count). The van der Waals surface area contributed by atoms with Crippen molar-refractivity contribution in [1.29, 1.82) is 0 Å². The summed E-state index contributed by atoms with van der Waals surface area (Å²) in [4.78, 5) is 7.97. The van der Waals surface area contributed by atoms with E-state index in [1.165, 1.54) is 0 Å². The molecule has 114 valence electrons. The van der Waals surface area contributed by atoms with E-state index < -0.39 is 10.0 Å². The van der Waals surface area contributed by atoms with Gasteiger partial charge in [0.25, 0.3) is 0 Å². The van der Waals surface area contributed by atoms with Crippen LogP contribution < -0.4 is 4.72 Å². The highest BCUT2D eigenvalue weighted by molar-refractivity contribution is 7.92. The highest BCUT2D eigenvalue weighted by Crippen LogP contribution is 2.27. The summed E-state index contributed by atoms with van der Waals surface area (Å²) in [7, 11) is -3.25. The Bertz CT molecular complexity index is 738. The van der Waals surface area contributed by atoms with Crippen LogP contribution >= 0.6 is 0 Å². The van der Waals surface area contributed by atoms with E-state index in [4.69, 9.17) is 0 Å². The lowest BCUT2D eigenvalue weighted by Gasteiger charge is -2.14. The smallest absolute Gasteiger partial charge is 0.229 e. The lowest BCUT2D eigenvalue weighted by Crippen LogP contribution is -2.13. The van der Waals surface area contributed by atoms with Gasteiger partial charge in [-0.2, -0.15) is 0 Å². The molecule has 1 heterocycles. The molecule has 0 aliphatic carbocycles. The van der Waals surface area contributed by atoms with E-state index in [9.17, 15) is 8.42 Å². The molecule has 0 radical (unpaired) electrons. The van der Waals surface area contributed by atoms with E-state index in [0.717, 1.165) is 29.0 Å². The molecule has 0 fully saturated rings. The highest BCUT2D eigenvalue weighted by atomic mass is 32.2. The predicted molar refractivity (Wildman–Crippen MR) is 85.9 cm³/mol. The van der Waals surface area contributed by atoms with E-state index in [0.29, 0.717) is 5.69 Å². The Morgan fingerprint density at radius 1 is 1.14 bits per heavy atom. The molecule has 6 heteroatoms. The van der Waals surface area contributed by atoms with E-state index >= 15 is 0 Å². The van der Waals surface area contributed by atoms with Crippen LogP contribution in [0.1, 0.15) is 32.3 Å². The summed E-state index contributed by atoms with van der Waals surface area (Å²) in [5, 5.41) is 0. The van der Waals surface area contributed by atoms with Gasteiger partial charge in [0.1, 0.15) is 5.82 Å². The minimum Gasteiger partial charge on any atom is -0.345 e. The third-order valence-electron chi connectivity index (χ3n) is 3.06. The maximum Gasteiger partial charge on any atom is 0.229 e. The van der Waals surface area contributed by atoms with Gasteiger partial charge in [0.15, 0.2) is 0 Å². The minimum absolute atomic E-state index is 0.0409. The van der Waals surface area contributed by atoms with Crippen molar-refractivity contribution < 1.29 is 8.42 Å². The molecule has 2 N–H and O–H groups in total. The molecule has 0 bridgehead atoms. The third-order valence-corrected chi connectivity index (χ3v) is 3.66. The molecule has 0 aliphatic heterocycles. The van der Waals surface area contributed by atoms with Crippen molar-refractivity contribution in [3.63, 3.8) is 0 Å². The molecule has 21 heavy (non-hydrogen) atoms. The maximum absolute atomic E-state index is 11.2. The lowest BCUT2D eigenvalue weighted by atomic mass is 9.96. The minimum atomic E-state index is -3.25. The Balaban J connectivity index is 2.33. The highest BCUT2D eigenvalue weighted by Gasteiger charge is 2.20. The number of sulfonamides is 1. The molecule has 5 nitrogen and oxygen atoms in total. The van der Waals surface area contributed by atoms with Gasteiger partial charge >= 0.3 is 0 Å². The van der Waals surface area contributed by atoms with Crippen molar-refractivity contribution in [2.45, 2.75) is 33.1 Å². The van der Waals surface area contributed by atoms with Gasteiger partial charge in [-0.05, 0) is 19.1 Å². The second-order valence-corrected chi connectivity index (χ2v) is 8.01. The summed E-state index contributed by atoms with van der Waals surface area (Å²) in [6.45, 7) is 8.30. The number of anilines is 1. The lowest BCUT2D eigenvalue weighted by molar-refractivity contribution is 0.552. The van der Waals surface area contributed by atoms with Crippen LogP contribution in [0.5, 0.6) is 0 Å². The van der Waals surface area contributed by atoms with Crippen LogP contribution in [0.2, 0.25) is 0 Å². The summed E-state index contributed by atoms with van der Waals surface area (Å²) < 4.78 is 24.8. The average molecular weight is 307 g/mol. The number of H-pyrrole nitrogens is 1. The maximum atomic E-state index is 11.2. The number of hydrogen-bond acceptors (Lipinski definition) is 3. The molecule has 0 spiro atoms. The standard InChI is InChI=1S/C15H21N3O2S/c1-10-13(17-14(16-10)15(2,3)4)11-6-8-12(9-7-11)18-21(5,19)20/h6-9,18H,1-5H3,(H,16,17). The topological polar surface area (TPSA) is 74.8 Å². The molecule has 1 aromatic carbocycles. The summed E-state index contributed by atoms with van der Waals surface area (Å²) >= 11 is 0. The van der Waals surface area contributed by atoms with E-state index in [1.54, 1.807) is 12.1 Å². The van der Waals surface area contributed by atoms with Crippen molar-refractivity contribution in [2.75, 3.05) is 11.0 Å². The zero-order valence-corrected chi connectivity index (χ0v) is 13.8. The SMILES string of the molecule is Cc1[nH]c(C(C)(C)C)nc1-c1ccc(NS(C)(=O)=O)cc1. The van der Waals surface area contributed by atoms with Gasteiger partial charge in [-0.25, -0.2) is 13.4 Å². The first-order chi connectivity index (χ1) is 9.56. The number of aryl methyl sites for hydroxylation is 1. The van der Waals surface area contributed by atoms with Gasteiger partial charge < -0.3 is 4.98 Å². The fourth-order valence-electron chi connectivity index (χ4n) is 2.01. The molecule has 0 saturated carbocycles. The fraction of sp³-hybridized carbons (Fsp3) is 0.400. The molecular formula is C15H21N3O2S.